The summed E-state index contributed by atoms with van der Waals surface area (Å²) in [6, 6.07) is 0. The summed E-state index contributed by atoms with van der Waals surface area (Å²) in [5, 5.41) is 0. The summed E-state index contributed by atoms with van der Waals surface area (Å²) in [5.41, 5.74) is 0. The number of halogens is 4. The number of hydrogen-bond donors (Lipinski definition) is 0. The summed E-state index contributed by atoms with van der Waals surface area (Å²) >= 11 is 20.8. The fourth-order valence-corrected chi connectivity index (χ4v) is 1.44. The summed E-state index contributed by atoms with van der Waals surface area (Å²) in [5.74, 6) is 0. The van der Waals surface area contributed by atoms with Crippen molar-refractivity contribution in [3.8, 4) is 0 Å². The van der Waals surface area contributed by atoms with Crippen LogP contribution in [0.4, 0.5) is 0 Å². The van der Waals surface area contributed by atoms with Crippen LogP contribution >= 0.6 is 54.2 Å². The molecule has 0 unspecified atom stereocenters. The van der Waals surface area contributed by atoms with Gasteiger partial charge in [0.05, 0.1) is 0 Å². The van der Waals surface area contributed by atoms with Gasteiger partial charge in [0.2, 0.25) is 0 Å². The first-order chi connectivity index (χ1) is 6.39. The molecule has 0 aliphatic carbocycles. The van der Waals surface area contributed by atoms with Crippen molar-refractivity contribution in [1.82, 2.24) is 0 Å². The van der Waals surface area contributed by atoms with Crippen LogP contribution in [-0.2, 0) is 18.1 Å². The Morgan fingerprint density at radius 2 is 1.43 bits per heavy atom. The Hall–Kier alpha value is 0.430. The van der Waals surface area contributed by atoms with Crippen molar-refractivity contribution in [2.24, 2.45) is 0 Å². The molecular weight excluding hydrogens is 297 g/mol. The Morgan fingerprint density at radius 1 is 1.07 bits per heavy atom. The normalized spacial score (nSPS) is 10.4. The molecule has 0 heterocycles. The number of phosphoric acid groups is 1. The van der Waals surface area contributed by atoms with Gasteiger partial charge < -0.3 is 9.05 Å². The minimum atomic E-state index is -3.80. The van der Waals surface area contributed by atoms with Crippen LogP contribution in [-0.4, -0.2) is 7.11 Å². The van der Waals surface area contributed by atoms with E-state index in [1.807, 2.05) is 0 Å². The molecule has 0 rings (SSSR count). The highest BCUT2D eigenvalue weighted by molar-refractivity contribution is 7.48. The molecule has 0 aliphatic heterocycles. The first-order valence-electron chi connectivity index (χ1n) is 2.94. The summed E-state index contributed by atoms with van der Waals surface area (Å²) in [4.78, 5) is 0. The number of phosphoric ester groups is 1. The molecular formula is C5H5Cl4O4P. The molecule has 4 nitrogen and oxygen atoms in total. The predicted molar refractivity (Wildman–Crippen MR) is 56.4 cm³/mol. The molecule has 0 aromatic carbocycles. The topological polar surface area (TPSA) is 44.8 Å². The van der Waals surface area contributed by atoms with Gasteiger partial charge in [-0.1, -0.05) is 46.4 Å². The van der Waals surface area contributed by atoms with Crippen LogP contribution < -0.4 is 0 Å². The molecule has 0 fully saturated rings. The first-order valence-corrected chi connectivity index (χ1v) is 5.92. The maximum atomic E-state index is 11.4. The Labute approximate surface area is 101 Å². The molecule has 0 aliphatic rings. The molecule has 9 heteroatoms. The minimum Gasteiger partial charge on any atom is -0.400 e. The van der Waals surface area contributed by atoms with Crippen LogP contribution in [0.1, 0.15) is 0 Å². The maximum absolute atomic E-state index is 11.4. The third kappa shape index (κ3) is 6.82. The van der Waals surface area contributed by atoms with Crippen molar-refractivity contribution < 1.29 is 18.1 Å². The standard InChI is InChI=1S/C5H5Cl4O4P/c1-11-14(10,12-2-4(6)7)13-3-5(8)9/h2-3H,1H3. The average molecular weight is 302 g/mol. The van der Waals surface area contributed by atoms with Gasteiger partial charge in [-0.2, -0.15) is 0 Å². The van der Waals surface area contributed by atoms with E-state index in [4.69, 9.17) is 46.4 Å². The second-order valence-corrected chi connectivity index (χ2v) is 5.35. The van der Waals surface area contributed by atoms with Gasteiger partial charge in [0, 0.05) is 7.11 Å². The number of rotatable bonds is 5. The van der Waals surface area contributed by atoms with Gasteiger partial charge in [0.25, 0.3) is 0 Å². The van der Waals surface area contributed by atoms with Crippen molar-refractivity contribution in [2.75, 3.05) is 7.11 Å². The molecule has 0 radical (unpaired) electrons. The summed E-state index contributed by atoms with van der Waals surface area (Å²) in [6.07, 6.45) is 1.59. The molecule has 0 atom stereocenters. The molecule has 0 amide bonds. The SMILES string of the molecule is COP(=O)(OC=C(Cl)Cl)OC=C(Cl)Cl. The average Bonchev–Trinajstić information content (AvgIpc) is 2.11. The monoisotopic (exact) mass is 300 g/mol. The van der Waals surface area contributed by atoms with E-state index in [-0.39, 0.29) is 8.98 Å². The van der Waals surface area contributed by atoms with Crippen LogP contribution in [0, 0.1) is 0 Å². The second kappa shape index (κ2) is 6.83. The van der Waals surface area contributed by atoms with Gasteiger partial charge in [0.15, 0.2) is 0 Å². The highest BCUT2D eigenvalue weighted by atomic mass is 35.5. The Kier molecular flexibility index (Phi) is 7.04. The fraction of sp³-hybridized carbons (Fsp3) is 0.200. The quantitative estimate of drug-likeness (QED) is 0.560. The first kappa shape index (κ1) is 14.4. The van der Waals surface area contributed by atoms with Crippen molar-refractivity contribution in [3.05, 3.63) is 21.5 Å². The van der Waals surface area contributed by atoms with Crippen LogP contribution in [0.15, 0.2) is 21.5 Å². The zero-order valence-corrected chi connectivity index (χ0v) is 10.7. The van der Waals surface area contributed by atoms with Gasteiger partial charge in [0.1, 0.15) is 21.5 Å². The molecule has 0 bridgehead atoms. The van der Waals surface area contributed by atoms with Crippen LogP contribution in [0.2, 0.25) is 0 Å². The van der Waals surface area contributed by atoms with E-state index in [0.29, 0.717) is 0 Å². The van der Waals surface area contributed by atoms with Crippen LogP contribution in [0.3, 0.4) is 0 Å². The predicted octanol–water partition coefficient (Wildman–Crippen LogP) is 4.33. The van der Waals surface area contributed by atoms with Gasteiger partial charge in [-0.05, 0) is 0 Å². The molecule has 0 N–H and O–H groups in total. The Morgan fingerprint density at radius 3 is 1.64 bits per heavy atom. The molecule has 14 heavy (non-hydrogen) atoms. The molecule has 0 spiro atoms. The lowest BCUT2D eigenvalue weighted by atomic mass is 11.2. The van der Waals surface area contributed by atoms with Crippen molar-refractivity contribution in [1.29, 1.82) is 0 Å². The molecule has 0 saturated heterocycles. The molecule has 82 valence electrons. The minimum absolute atomic E-state index is 0.244. The van der Waals surface area contributed by atoms with Gasteiger partial charge in [-0.3, -0.25) is 4.52 Å². The van der Waals surface area contributed by atoms with Gasteiger partial charge >= 0.3 is 7.82 Å². The lowest BCUT2D eigenvalue weighted by Gasteiger charge is -2.11. The van der Waals surface area contributed by atoms with Crippen LogP contribution in [0.25, 0.3) is 0 Å². The summed E-state index contributed by atoms with van der Waals surface area (Å²) in [6.45, 7) is 0. The second-order valence-electron chi connectivity index (χ2n) is 1.66. The van der Waals surface area contributed by atoms with Crippen molar-refractivity contribution >= 4 is 54.2 Å². The van der Waals surface area contributed by atoms with E-state index in [2.05, 4.69) is 13.6 Å². The van der Waals surface area contributed by atoms with E-state index >= 15 is 0 Å². The van der Waals surface area contributed by atoms with Crippen molar-refractivity contribution in [3.63, 3.8) is 0 Å². The van der Waals surface area contributed by atoms with Gasteiger partial charge in [-0.15, -0.1) is 0 Å². The maximum Gasteiger partial charge on any atom is 0.586 e. The zero-order chi connectivity index (χ0) is 11.2. The van der Waals surface area contributed by atoms with Gasteiger partial charge in [-0.25, -0.2) is 4.57 Å². The Balaban J connectivity index is 4.41. The highest BCUT2D eigenvalue weighted by Crippen LogP contribution is 2.50. The summed E-state index contributed by atoms with van der Waals surface area (Å²) < 4.78 is 24.4. The largest absolute Gasteiger partial charge is 0.586 e. The fourth-order valence-electron chi connectivity index (χ4n) is 0.320. The third-order valence-electron chi connectivity index (χ3n) is 0.765. The highest BCUT2D eigenvalue weighted by Gasteiger charge is 2.25. The lowest BCUT2D eigenvalue weighted by molar-refractivity contribution is 0.211. The molecule has 0 aromatic heterocycles. The van der Waals surface area contributed by atoms with E-state index in [0.717, 1.165) is 19.6 Å². The lowest BCUT2D eigenvalue weighted by Crippen LogP contribution is -1.89. The smallest absolute Gasteiger partial charge is 0.400 e. The van der Waals surface area contributed by atoms with E-state index in [9.17, 15) is 4.57 Å². The summed E-state index contributed by atoms with van der Waals surface area (Å²) in [7, 11) is -2.69. The number of hydrogen-bond acceptors (Lipinski definition) is 4. The van der Waals surface area contributed by atoms with Crippen molar-refractivity contribution in [2.45, 2.75) is 0 Å². The van der Waals surface area contributed by atoms with Crippen LogP contribution in [0.5, 0.6) is 0 Å². The van der Waals surface area contributed by atoms with E-state index in [1.54, 1.807) is 0 Å². The molecule has 0 saturated carbocycles. The molecule has 0 aromatic rings. The van der Waals surface area contributed by atoms with E-state index < -0.39 is 7.82 Å². The zero-order valence-electron chi connectivity index (χ0n) is 6.75. The third-order valence-corrected chi connectivity index (χ3v) is 2.30. The Bertz CT molecular complexity index is 257. The van der Waals surface area contributed by atoms with E-state index in [1.165, 1.54) is 0 Å².